The topological polar surface area (TPSA) is 32.3 Å². The summed E-state index contributed by atoms with van der Waals surface area (Å²) in [6.45, 7) is 4.76. The van der Waals surface area contributed by atoms with Crippen LogP contribution < -0.4 is 5.32 Å². The SMILES string of the molecule is CC(C)C(CCO)NC1CC2CC=CC21. The first-order valence-corrected chi connectivity index (χ1v) is 6.26. The number of hydrogen-bond donors (Lipinski definition) is 2. The van der Waals surface area contributed by atoms with E-state index in [1.165, 1.54) is 12.8 Å². The minimum Gasteiger partial charge on any atom is -0.396 e. The van der Waals surface area contributed by atoms with Crippen molar-refractivity contribution in [1.29, 1.82) is 0 Å². The molecule has 0 radical (unpaired) electrons. The summed E-state index contributed by atoms with van der Waals surface area (Å²) in [5, 5.41) is 12.7. The van der Waals surface area contributed by atoms with Gasteiger partial charge in [0.25, 0.3) is 0 Å². The fourth-order valence-corrected chi connectivity index (χ4v) is 2.93. The minimum atomic E-state index is 0.298. The van der Waals surface area contributed by atoms with Crippen LogP contribution >= 0.6 is 0 Å². The van der Waals surface area contributed by atoms with Gasteiger partial charge in [-0.3, -0.25) is 0 Å². The van der Waals surface area contributed by atoms with Gasteiger partial charge in [-0.05, 0) is 37.0 Å². The molecule has 1 saturated carbocycles. The van der Waals surface area contributed by atoms with Gasteiger partial charge in [0.2, 0.25) is 0 Å². The third kappa shape index (κ3) is 2.26. The Hall–Kier alpha value is -0.340. The lowest BCUT2D eigenvalue weighted by Crippen LogP contribution is -2.53. The van der Waals surface area contributed by atoms with Gasteiger partial charge in [0.15, 0.2) is 0 Å². The summed E-state index contributed by atoms with van der Waals surface area (Å²) in [6, 6.07) is 1.16. The molecule has 4 atom stereocenters. The molecule has 2 nitrogen and oxygen atoms in total. The first kappa shape index (κ1) is 11.2. The highest BCUT2D eigenvalue weighted by atomic mass is 16.3. The van der Waals surface area contributed by atoms with E-state index in [-0.39, 0.29) is 0 Å². The molecule has 1 fully saturated rings. The summed E-state index contributed by atoms with van der Waals surface area (Å²) in [4.78, 5) is 0. The van der Waals surface area contributed by atoms with E-state index in [9.17, 15) is 0 Å². The Morgan fingerprint density at radius 1 is 1.47 bits per heavy atom. The van der Waals surface area contributed by atoms with E-state index in [1.807, 2.05) is 0 Å². The molecule has 2 aliphatic rings. The fourth-order valence-electron chi connectivity index (χ4n) is 2.93. The van der Waals surface area contributed by atoms with E-state index in [1.54, 1.807) is 0 Å². The van der Waals surface area contributed by atoms with Gasteiger partial charge in [-0.15, -0.1) is 0 Å². The lowest BCUT2D eigenvalue weighted by atomic mass is 9.71. The largest absolute Gasteiger partial charge is 0.396 e. The second kappa shape index (κ2) is 4.67. The van der Waals surface area contributed by atoms with Crippen molar-refractivity contribution in [2.45, 2.75) is 45.2 Å². The maximum Gasteiger partial charge on any atom is 0.0445 e. The lowest BCUT2D eigenvalue weighted by molar-refractivity contribution is 0.129. The van der Waals surface area contributed by atoms with Crippen LogP contribution in [0.4, 0.5) is 0 Å². The molecule has 0 bridgehead atoms. The molecule has 0 aromatic heterocycles. The Balaban J connectivity index is 1.82. The average Bonchev–Trinajstić information content (AvgIpc) is 2.54. The molecule has 15 heavy (non-hydrogen) atoms. The molecule has 2 heteroatoms. The van der Waals surface area contributed by atoms with Crippen LogP contribution in [0.15, 0.2) is 12.2 Å². The van der Waals surface area contributed by atoms with E-state index in [4.69, 9.17) is 5.11 Å². The zero-order valence-corrected chi connectivity index (χ0v) is 9.82. The van der Waals surface area contributed by atoms with Crippen molar-refractivity contribution in [2.75, 3.05) is 6.61 Å². The summed E-state index contributed by atoms with van der Waals surface area (Å²) in [5.74, 6) is 2.32. The standard InChI is InChI=1S/C13H23NO/c1-9(2)12(6-7-15)14-13-8-10-4-3-5-11(10)13/h3,5,9-15H,4,6-8H2,1-2H3. The third-order valence-electron chi connectivity index (χ3n) is 4.04. The number of allylic oxidation sites excluding steroid dienone is 1. The number of aliphatic hydroxyl groups excluding tert-OH is 1. The Kier molecular flexibility index (Phi) is 3.47. The number of fused-ring (bicyclic) bond motifs is 1. The smallest absolute Gasteiger partial charge is 0.0445 e. The Morgan fingerprint density at radius 3 is 2.87 bits per heavy atom. The molecule has 0 aliphatic heterocycles. The van der Waals surface area contributed by atoms with Crippen LogP contribution in [0.3, 0.4) is 0 Å². The second-order valence-electron chi connectivity index (χ2n) is 5.37. The second-order valence-corrected chi connectivity index (χ2v) is 5.37. The van der Waals surface area contributed by atoms with Crippen LogP contribution in [0.25, 0.3) is 0 Å². The lowest BCUT2D eigenvalue weighted by Gasteiger charge is -2.43. The van der Waals surface area contributed by atoms with Crippen LogP contribution in [0.1, 0.15) is 33.1 Å². The molecule has 0 amide bonds. The summed E-state index contributed by atoms with van der Waals surface area (Å²) < 4.78 is 0. The summed E-state index contributed by atoms with van der Waals surface area (Å²) >= 11 is 0. The Labute approximate surface area is 92.8 Å². The highest BCUT2D eigenvalue weighted by molar-refractivity contribution is 5.13. The predicted molar refractivity (Wildman–Crippen MR) is 62.6 cm³/mol. The van der Waals surface area contributed by atoms with Crippen LogP contribution in [0.2, 0.25) is 0 Å². The van der Waals surface area contributed by atoms with Crippen LogP contribution in [0.5, 0.6) is 0 Å². The van der Waals surface area contributed by atoms with E-state index < -0.39 is 0 Å². The van der Waals surface area contributed by atoms with Gasteiger partial charge in [0, 0.05) is 18.7 Å². The Bertz CT molecular complexity index is 237. The minimum absolute atomic E-state index is 0.298. The first-order chi connectivity index (χ1) is 7.22. The number of nitrogens with one attached hydrogen (secondary N) is 1. The molecular formula is C13H23NO. The molecule has 0 saturated heterocycles. The van der Waals surface area contributed by atoms with Crippen LogP contribution in [0, 0.1) is 17.8 Å². The summed E-state index contributed by atoms with van der Waals surface area (Å²) in [5.41, 5.74) is 0. The normalized spacial score (nSPS) is 35.3. The van der Waals surface area contributed by atoms with Gasteiger partial charge < -0.3 is 10.4 Å². The zero-order chi connectivity index (χ0) is 10.8. The number of hydrogen-bond acceptors (Lipinski definition) is 2. The highest BCUT2D eigenvalue weighted by Gasteiger charge is 2.41. The van der Waals surface area contributed by atoms with Gasteiger partial charge in [-0.1, -0.05) is 26.0 Å². The first-order valence-electron chi connectivity index (χ1n) is 6.26. The molecule has 86 valence electrons. The van der Waals surface area contributed by atoms with Gasteiger partial charge >= 0.3 is 0 Å². The molecule has 2 rings (SSSR count). The van der Waals surface area contributed by atoms with Gasteiger partial charge in [-0.2, -0.15) is 0 Å². The summed E-state index contributed by atoms with van der Waals surface area (Å²) in [6.07, 6.45) is 8.20. The average molecular weight is 209 g/mol. The maximum atomic E-state index is 9.02. The van der Waals surface area contributed by atoms with Crippen molar-refractivity contribution in [3.05, 3.63) is 12.2 Å². The molecule has 0 spiro atoms. The number of rotatable bonds is 5. The van der Waals surface area contributed by atoms with E-state index in [0.29, 0.717) is 24.6 Å². The van der Waals surface area contributed by atoms with Crippen molar-refractivity contribution >= 4 is 0 Å². The van der Waals surface area contributed by atoms with Crippen molar-refractivity contribution < 1.29 is 5.11 Å². The third-order valence-corrected chi connectivity index (χ3v) is 4.04. The van der Waals surface area contributed by atoms with Crippen molar-refractivity contribution in [3.8, 4) is 0 Å². The number of aliphatic hydroxyl groups is 1. The van der Waals surface area contributed by atoms with E-state index >= 15 is 0 Å². The fraction of sp³-hybridized carbons (Fsp3) is 0.846. The van der Waals surface area contributed by atoms with Crippen molar-refractivity contribution in [3.63, 3.8) is 0 Å². The van der Waals surface area contributed by atoms with E-state index in [0.717, 1.165) is 18.3 Å². The molecule has 4 unspecified atom stereocenters. The van der Waals surface area contributed by atoms with Gasteiger partial charge in [0.05, 0.1) is 0 Å². The van der Waals surface area contributed by atoms with Crippen LogP contribution in [-0.4, -0.2) is 23.8 Å². The van der Waals surface area contributed by atoms with Crippen molar-refractivity contribution in [1.82, 2.24) is 5.32 Å². The molecule has 2 N–H and O–H groups in total. The molecule has 0 heterocycles. The van der Waals surface area contributed by atoms with E-state index in [2.05, 4.69) is 31.3 Å². The molecule has 0 aromatic carbocycles. The molecular weight excluding hydrogens is 186 g/mol. The molecule has 0 aromatic rings. The highest BCUT2D eigenvalue weighted by Crippen LogP contribution is 2.43. The van der Waals surface area contributed by atoms with Gasteiger partial charge in [-0.25, -0.2) is 0 Å². The van der Waals surface area contributed by atoms with Crippen molar-refractivity contribution in [2.24, 2.45) is 17.8 Å². The maximum absolute atomic E-state index is 9.02. The summed E-state index contributed by atoms with van der Waals surface area (Å²) in [7, 11) is 0. The molecule has 2 aliphatic carbocycles. The predicted octanol–water partition coefficient (Wildman–Crippen LogP) is 1.95. The quantitative estimate of drug-likeness (QED) is 0.678. The van der Waals surface area contributed by atoms with Crippen LogP contribution in [-0.2, 0) is 0 Å². The zero-order valence-electron chi connectivity index (χ0n) is 9.82. The monoisotopic (exact) mass is 209 g/mol. The van der Waals surface area contributed by atoms with Gasteiger partial charge in [0.1, 0.15) is 0 Å². The Morgan fingerprint density at radius 2 is 2.27 bits per heavy atom.